The Morgan fingerprint density at radius 2 is 2.10 bits per heavy atom. The topological polar surface area (TPSA) is 61.5 Å². The summed E-state index contributed by atoms with van der Waals surface area (Å²) in [5.41, 5.74) is 5.40. The van der Waals surface area contributed by atoms with Gasteiger partial charge in [0.25, 0.3) is 0 Å². The lowest BCUT2D eigenvalue weighted by Gasteiger charge is -2.30. The number of hydrogen-bond donors (Lipinski definition) is 1. The second-order valence-electron chi connectivity index (χ2n) is 5.09. The Labute approximate surface area is 125 Å². The van der Waals surface area contributed by atoms with Gasteiger partial charge >= 0.3 is 5.97 Å². The van der Waals surface area contributed by atoms with Gasteiger partial charge in [0.2, 0.25) is 0 Å². The zero-order valence-electron chi connectivity index (χ0n) is 12.9. The molecule has 2 N–H and O–H groups in total. The van der Waals surface area contributed by atoms with Gasteiger partial charge in [0, 0.05) is 12.6 Å². The van der Waals surface area contributed by atoms with Crippen LogP contribution in [0.2, 0.25) is 0 Å². The van der Waals surface area contributed by atoms with E-state index in [0.29, 0.717) is 17.7 Å². The van der Waals surface area contributed by atoms with Gasteiger partial charge in [-0.2, -0.15) is 0 Å². The number of benzene rings is 1. The summed E-state index contributed by atoms with van der Waals surface area (Å²) in [5, 5.41) is 0. The molecular weight excluding hydrogens is 273 g/mol. The standard InChI is InChI=1S/C16H24FNO3/c1-4-8-16(11-18,15(19)21-5-2)10-12-6-7-13(20-3)9-14(12)17/h6-7,9H,4-5,8,10-11,18H2,1-3H3. The molecule has 118 valence electrons. The van der Waals surface area contributed by atoms with Crippen LogP contribution in [-0.4, -0.2) is 26.2 Å². The molecule has 0 radical (unpaired) electrons. The normalized spacial score (nSPS) is 13.6. The van der Waals surface area contributed by atoms with E-state index in [2.05, 4.69) is 0 Å². The first kappa shape index (κ1) is 17.4. The van der Waals surface area contributed by atoms with Crippen molar-refractivity contribution in [1.82, 2.24) is 0 Å². The number of ether oxygens (including phenoxy) is 2. The average molecular weight is 297 g/mol. The number of hydrogen-bond acceptors (Lipinski definition) is 4. The van der Waals surface area contributed by atoms with Crippen LogP contribution in [0.5, 0.6) is 5.75 Å². The molecule has 0 aliphatic heterocycles. The van der Waals surface area contributed by atoms with Crippen molar-refractivity contribution in [2.24, 2.45) is 11.1 Å². The largest absolute Gasteiger partial charge is 0.497 e. The fraction of sp³-hybridized carbons (Fsp3) is 0.562. The average Bonchev–Trinajstić information content (AvgIpc) is 2.48. The summed E-state index contributed by atoms with van der Waals surface area (Å²) >= 11 is 0. The Hall–Kier alpha value is -1.62. The highest BCUT2D eigenvalue weighted by molar-refractivity contribution is 5.77. The zero-order chi connectivity index (χ0) is 15.9. The van der Waals surface area contributed by atoms with Crippen LogP contribution in [0, 0.1) is 11.2 Å². The van der Waals surface area contributed by atoms with E-state index in [9.17, 15) is 9.18 Å². The third-order valence-corrected chi connectivity index (χ3v) is 3.62. The second-order valence-corrected chi connectivity index (χ2v) is 5.09. The maximum atomic E-state index is 14.1. The first-order chi connectivity index (χ1) is 10.0. The number of carbonyl (C=O) groups excluding carboxylic acids is 1. The molecule has 1 atom stereocenters. The van der Waals surface area contributed by atoms with Gasteiger partial charge < -0.3 is 15.2 Å². The van der Waals surface area contributed by atoms with Crippen LogP contribution in [0.3, 0.4) is 0 Å². The van der Waals surface area contributed by atoms with Gasteiger partial charge in [-0.05, 0) is 31.4 Å². The minimum absolute atomic E-state index is 0.130. The van der Waals surface area contributed by atoms with Crippen molar-refractivity contribution < 1.29 is 18.7 Å². The number of rotatable bonds is 8. The first-order valence-electron chi connectivity index (χ1n) is 7.22. The van der Waals surface area contributed by atoms with E-state index in [1.165, 1.54) is 13.2 Å². The van der Waals surface area contributed by atoms with Crippen molar-refractivity contribution in [3.05, 3.63) is 29.6 Å². The highest BCUT2D eigenvalue weighted by Crippen LogP contribution is 2.31. The molecule has 0 saturated heterocycles. The van der Waals surface area contributed by atoms with Crippen LogP contribution in [0.25, 0.3) is 0 Å². The number of carbonyl (C=O) groups is 1. The third-order valence-electron chi connectivity index (χ3n) is 3.62. The molecule has 0 bridgehead atoms. The molecule has 5 heteroatoms. The van der Waals surface area contributed by atoms with Crippen molar-refractivity contribution in [3.63, 3.8) is 0 Å². The lowest BCUT2D eigenvalue weighted by Crippen LogP contribution is -2.42. The van der Waals surface area contributed by atoms with E-state index in [1.54, 1.807) is 19.1 Å². The molecule has 0 fully saturated rings. The highest BCUT2D eigenvalue weighted by Gasteiger charge is 2.38. The smallest absolute Gasteiger partial charge is 0.313 e. The fourth-order valence-corrected chi connectivity index (χ4v) is 2.45. The number of nitrogens with two attached hydrogens (primary N) is 1. The summed E-state index contributed by atoms with van der Waals surface area (Å²) in [7, 11) is 1.48. The van der Waals surface area contributed by atoms with Crippen LogP contribution < -0.4 is 10.5 Å². The molecule has 1 unspecified atom stereocenters. The highest BCUT2D eigenvalue weighted by atomic mass is 19.1. The molecule has 1 aromatic carbocycles. The van der Waals surface area contributed by atoms with Gasteiger partial charge in [0.15, 0.2) is 0 Å². The van der Waals surface area contributed by atoms with Crippen molar-refractivity contribution in [2.45, 2.75) is 33.1 Å². The van der Waals surface area contributed by atoms with E-state index in [1.807, 2.05) is 6.92 Å². The molecule has 0 spiro atoms. The van der Waals surface area contributed by atoms with Gasteiger partial charge in [-0.15, -0.1) is 0 Å². The van der Waals surface area contributed by atoms with Crippen molar-refractivity contribution in [2.75, 3.05) is 20.3 Å². The van der Waals surface area contributed by atoms with Crippen LogP contribution in [0.4, 0.5) is 4.39 Å². The molecule has 0 aliphatic rings. The van der Waals surface area contributed by atoms with E-state index in [-0.39, 0.29) is 25.5 Å². The monoisotopic (exact) mass is 297 g/mol. The van der Waals surface area contributed by atoms with E-state index < -0.39 is 11.2 Å². The molecule has 0 amide bonds. The zero-order valence-corrected chi connectivity index (χ0v) is 12.9. The Kier molecular flexibility index (Phi) is 6.62. The van der Waals surface area contributed by atoms with E-state index >= 15 is 0 Å². The minimum atomic E-state index is -0.875. The maximum absolute atomic E-state index is 14.1. The molecule has 0 aliphatic carbocycles. The summed E-state index contributed by atoms with van der Waals surface area (Å²) in [5.74, 6) is -0.307. The number of esters is 1. The van der Waals surface area contributed by atoms with Crippen LogP contribution in [-0.2, 0) is 16.0 Å². The Morgan fingerprint density at radius 3 is 2.57 bits per heavy atom. The van der Waals surface area contributed by atoms with E-state index in [4.69, 9.17) is 15.2 Å². The van der Waals surface area contributed by atoms with Gasteiger partial charge in [0.05, 0.1) is 19.1 Å². The predicted octanol–water partition coefficient (Wildman–Crippen LogP) is 2.69. The third kappa shape index (κ3) is 4.17. The Bertz CT molecular complexity index is 479. The Morgan fingerprint density at radius 1 is 1.38 bits per heavy atom. The molecule has 1 aromatic rings. The van der Waals surface area contributed by atoms with Crippen LogP contribution >= 0.6 is 0 Å². The molecule has 0 aromatic heterocycles. The summed E-state index contributed by atoms with van der Waals surface area (Å²) < 4.78 is 24.2. The maximum Gasteiger partial charge on any atom is 0.313 e. The lowest BCUT2D eigenvalue weighted by atomic mass is 9.77. The number of methoxy groups -OCH3 is 1. The van der Waals surface area contributed by atoms with Gasteiger partial charge in [0.1, 0.15) is 11.6 Å². The molecule has 4 nitrogen and oxygen atoms in total. The van der Waals surface area contributed by atoms with E-state index in [0.717, 1.165) is 6.42 Å². The molecular formula is C16H24FNO3. The second kappa shape index (κ2) is 7.98. The summed E-state index contributed by atoms with van der Waals surface area (Å²) in [6.45, 7) is 4.13. The predicted molar refractivity (Wildman–Crippen MR) is 79.7 cm³/mol. The quantitative estimate of drug-likeness (QED) is 0.749. The molecule has 0 saturated carbocycles. The summed E-state index contributed by atoms with van der Waals surface area (Å²) in [6, 6.07) is 4.62. The van der Waals surface area contributed by atoms with Gasteiger partial charge in [-0.25, -0.2) is 4.39 Å². The van der Waals surface area contributed by atoms with Crippen LogP contribution in [0.15, 0.2) is 18.2 Å². The summed E-state index contributed by atoms with van der Waals surface area (Å²) in [6.07, 6.45) is 1.56. The molecule has 0 heterocycles. The Balaban J connectivity index is 3.08. The van der Waals surface area contributed by atoms with Crippen molar-refractivity contribution >= 4 is 5.97 Å². The first-order valence-corrected chi connectivity index (χ1v) is 7.22. The van der Waals surface area contributed by atoms with Crippen LogP contribution in [0.1, 0.15) is 32.3 Å². The summed E-state index contributed by atoms with van der Waals surface area (Å²) in [4.78, 5) is 12.3. The fourth-order valence-electron chi connectivity index (χ4n) is 2.45. The molecule has 1 rings (SSSR count). The molecule has 21 heavy (non-hydrogen) atoms. The van der Waals surface area contributed by atoms with Gasteiger partial charge in [-0.3, -0.25) is 4.79 Å². The number of halogens is 1. The van der Waals surface area contributed by atoms with Crippen molar-refractivity contribution in [1.29, 1.82) is 0 Å². The minimum Gasteiger partial charge on any atom is -0.497 e. The SMILES string of the molecule is CCCC(CN)(Cc1ccc(OC)cc1F)C(=O)OCC. The lowest BCUT2D eigenvalue weighted by molar-refractivity contribution is -0.155. The van der Waals surface area contributed by atoms with Crippen molar-refractivity contribution in [3.8, 4) is 5.75 Å². The van der Waals surface area contributed by atoms with Gasteiger partial charge in [-0.1, -0.05) is 19.4 Å².